The summed E-state index contributed by atoms with van der Waals surface area (Å²) >= 11 is 0. The smallest absolute Gasteiger partial charge is 0.143 e. The summed E-state index contributed by atoms with van der Waals surface area (Å²) in [6, 6.07) is 4.70. The Kier molecular flexibility index (Phi) is 4.16. The number of anilines is 1. The molecule has 1 atom stereocenters. The van der Waals surface area contributed by atoms with Crippen molar-refractivity contribution in [2.24, 2.45) is 0 Å². The van der Waals surface area contributed by atoms with Gasteiger partial charge in [0.15, 0.2) is 0 Å². The molecule has 0 spiro atoms. The molecule has 3 nitrogen and oxygen atoms in total. The van der Waals surface area contributed by atoms with Crippen LogP contribution in [-0.2, 0) is 12.8 Å². The molecule has 110 valence electrons. The lowest BCUT2D eigenvalue weighted by Crippen LogP contribution is -2.40. The van der Waals surface area contributed by atoms with Gasteiger partial charge in [0.1, 0.15) is 11.9 Å². The van der Waals surface area contributed by atoms with E-state index in [-0.39, 0.29) is 0 Å². The lowest BCUT2D eigenvalue weighted by molar-refractivity contribution is 0.189. The maximum atomic E-state index is 6.20. The van der Waals surface area contributed by atoms with E-state index in [4.69, 9.17) is 4.74 Å². The van der Waals surface area contributed by atoms with Gasteiger partial charge in [0.2, 0.25) is 0 Å². The first kappa shape index (κ1) is 13.7. The van der Waals surface area contributed by atoms with Crippen molar-refractivity contribution in [2.75, 3.05) is 31.1 Å². The second-order valence-electron chi connectivity index (χ2n) is 5.93. The quantitative estimate of drug-likeness (QED) is 0.917. The van der Waals surface area contributed by atoms with E-state index in [1.165, 1.54) is 23.2 Å². The largest absolute Gasteiger partial charge is 0.486 e. The molecule has 0 saturated heterocycles. The molecule has 0 radical (unpaired) electrons. The molecule has 0 fully saturated rings. The zero-order chi connectivity index (χ0) is 13.9. The molecule has 0 aliphatic carbocycles. The summed E-state index contributed by atoms with van der Waals surface area (Å²) in [5, 5.41) is 3.49. The first-order chi connectivity index (χ1) is 9.81. The second-order valence-corrected chi connectivity index (χ2v) is 5.93. The number of hydrogen-bond donors (Lipinski definition) is 1. The number of ether oxygens (including phenoxy) is 1. The maximum Gasteiger partial charge on any atom is 0.143 e. The molecule has 0 bridgehead atoms. The zero-order valence-corrected chi connectivity index (χ0v) is 12.7. The number of benzene rings is 1. The first-order valence-corrected chi connectivity index (χ1v) is 8.10. The Labute approximate surface area is 122 Å². The van der Waals surface area contributed by atoms with Gasteiger partial charge in [0.25, 0.3) is 0 Å². The molecule has 0 amide bonds. The van der Waals surface area contributed by atoms with Crippen molar-refractivity contribution in [3.63, 3.8) is 0 Å². The molecule has 0 unspecified atom stereocenters. The third-order valence-corrected chi connectivity index (χ3v) is 4.43. The molecular weight excluding hydrogens is 248 g/mol. The fourth-order valence-corrected chi connectivity index (χ4v) is 3.29. The van der Waals surface area contributed by atoms with Crippen LogP contribution in [0.1, 0.15) is 37.8 Å². The predicted octanol–water partition coefficient (Wildman–Crippen LogP) is 2.76. The minimum atomic E-state index is 0.344. The lowest BCUT2D eigenvalue weighted by Gasteiger charge is -2.36. The van der Waals surface area contributed by atoms with Crippen molar-refractivity contribution < 1.29 is 4.74 Å². The van der Waals surface area contributed by atoms with Crippen molar-refractivity contribution in [1.82, 2.24) is 5.32 Å². The first-order valence-electron chi connectivity index (χ1n) is 8.10. The SMILES string of the molecule is CCCN1C[C@H](CC)Oc2cc3c(cc21)CCNCC3. The molecule has 20 heavy (non-hydrogen) atoms. The minimum absolute atomic E-state index is 0.344. The minimum Gasteiger partial charge on any atom is -0.486 e. The van der Waals surface area contributed by atoms with Crippen molar-refractivity contribution in [3.05, 3.63) is 23.3 Å². The average Bonchev–Trinajstić information content (AvgIpc) is 2.70. The Hall–Kier alpha value is -1.22. The summed E-state index contributed by atoms with van der Waals surface area (Å²) in [6.07, 6.45) is 4.87. The molecule has 0 aromatic heterocycles. The number of fused-ring (bicyclic) bond motifs is 2. The molecule has 3 rings (SSSR count). The van der Waals surface area contributed by atoms with Crippen LogP contribution in [0.2, 0.25) is 0 Å². The van der Waals surface area contributed by atoms with Gasteiger partial charge in [0.05, 0.1) is 12.2 Å². The highest BCUT2D eigenvalue weighted by Crippen LogP contribution is 2.37. The van der Waals surface area contributed by atoms with Gasteiger partial charge in [-0.25, -0.2) is 0 Å². The van der Waals surface area contributed by atoms with Crippen LogP contribution in [0.15, 0.2) is 12.1 Å². The van der Waals surface area contributed by atoms with Gasteiger partial charge in [-0.2, -0.15) is 0 Å². The molecule has 1 aromatic carbocycles. The van der Waals surface area contributed by atoms with Crippen LogP contribution < -0.4 is 15.0 Å². The Bertz CT molecular complexity index is 472. The van der Waals surface area contributed by atoms with Gasteiger partial charge in [-0.1, -0.05) is 13.8 Å². The summed E-state index contributed by atoms with van der Waals surface area (Å²) in [5.41, 5.74) is 4.30. The van der Waals surface area contributed by atoms with Crippen LogP contribution in [0.4, 0.5) is 5.69 Å². The Morgan fingerprint density at radius 2 is 1.95 bits per heavy atom. The highest BCUT2D eigenvalue weighted by Gasteiger charge is 2.25. The van der Waals surface area contributed by atoms with Gasteiger partial charge in [0, 0.05) is 6.54 Å². The fraction of sp³-hybridized carbons (Fsp3) is 0.647. The van der Waals surface area contributed by atoms with Gasteiger partial charge in [-0.05, 0) is 62.0 Å². The normalized spacial score (nSPS) is 21.7. The van der Waals surface area contributed by atoms with E-state index >= 15 is 0 Å². The van der Waals surface area contributed by atoms with Crippen LogP contribution in [0.3, 0.4) is 0 Å². The standard InChI is InChI=1S/C17H26N2O/c1-3-9-19-12-15(4-2)20-17-11-14-6-8-18-7-5-13(14)10-16(17)19/h10-11,15,18H,3-9,12H2,1-2H3/t15-/m0/s1. The van der Waals surface area contributed by atoms with E-state index in [2.05, 4.69) is 36.2 Å². The van der Waals surface area contributed by atoms with Gasteiger partial charge in [-0.15, -0.1) is 0 Å². The maximum absolute atomic E-state index is 6.20. The van der Waals surface area contributed by atoms with Gasteiger partial charge in [-0.3, -0.25) is 0 Å². The molecule has 0 saturated carbocycles. The zero-order valence-electron chi connectivity index (χ0n) is 12.7. The van der Waals surface area contributed by atoms with Gasteiger partial charge < -0.3 is 15.0 Å². The topological polar surface area (TPSA) is 24.5 Å². The van der Waals surface area contributed by atoms with Crippen molar-refractivity contribution in [3.8, 4) is 5.75 Å². The molecule has 2 heterocycles. The Balaban J connectivity index is 1.97. The van der Waals surface area contributed by atoms with E-state index in [1.54, 1.807) is 0 Å². The lowest BCUT2D eigenvalue weighted by atomic mass is 9.99. The molecule has 2 aliphatic heterocycles. The molecular formula is C17H26N2O. The summed E-state index contributed by atoms with van der Waals surface area (Å²) in [7, 11) is 0. The molecule has 2 aliphatic rings. The number of nitrogens with zero attached hydrogens (tertiary/aromatic N) is 1. The average molecular weight is 274 g/mol. The van der Waals surface area contributed by atoms with Crippen LogP contribution in [0, 0.1) is 0 Å². The molecule has 1 aromatic rings. The summed E-state index contributed by atoms with van der Waals surface area (Å²) in [6.45, 7) is 8.81. The number of hydrogen-bond acceptors (Lipinski definition) is 3. The van der Waals surface area contributed by atoms with Crippen LogP contribution >= 0.6 is 0 Å². The second kappa shape index (κ2) is 6.04. The third kappa shape index (κ3) is 2.64. The van der Waals surface area contributed by atoms with Crippen molar-refractivity contribution in [2.45, 2.75) is 45.6 Å². The summed E-state index contributed by atoms with van der Waals surface area (Å²) in [4.78, 5) is 2.52. The highest BCUT2D eigenvalue weighted by atomic mass is 16.5. The monoisotopic (exact) mass is 274 g/mol. The van der Waals surface area contributed by atoms with Crippen molar-refractivity contribution in [1.29, 1.82) is 0 Å². The third-order valence-electron chi connectivity index (χ3n) is 4.43. The highest BCUT2D eigenvalue weighted by molar-refractivity contribution is 5.64. The van der Waals surface area contributed by atoms with E-state index in [1.807, 2.05) is 0 Å². The van der Waals surface area contributed by atoms with Crippen molar-refractivity contribution >= 4 is 5.69 Å². The fourth-order valence-electron chi connectivity index (χ4n) is 3.29. The van der Waals surface area contributed by atoms with Gasteiger partial charge >= 0.3 is 0 Å². The Morgan fingerprint density at radius 3 is 2.65 bits per heavy atom. The molecule has 3 heteroatoms. The van der Waals surface area contributed by atoms with Crippen LogP contribution in [0.5, 0.6) is 5.75 Å². The van der Waals surface area contributed by atoms with E-state index in [9.17, 15) is 0 Å². The van der Waals surface area contributed by atoms with E-state index in [0.717, 1.165) is 51.2 Å². The Morgan fingerprint density at radius 1 is 1.20 bits per heavy atom. The number of nitrogens with one attached hydrogen (secondary N) is 1. The summed E-state index contributed by atoms with van der Waals surface area (Å²) in [5.74, 6) is 1.11. The predicted molar refractivity (Wildman–Crippen MR) is 83.9 cm³/mol. The van der Waals surface area contributed by atoms with Crippen LogP contribution in [-0.4, -0.2) is 32.3 Å². The number of rotatable bonds is 3. The van der Waals surface area contributed by atoms with E-state index < -0.39 is 0 Å². The van der Waals surface area contributed by atoms with E-state index in [0.29, 0.717) is 6.10 Å². The van der Waals surface area contributed by atoms with Crippen LogP contribution in [0.25, 0.3) is 0 Å². The summed E-state index contributed by atoms with van der Waals surface area (Å²) < 4.78 is 6.20. The molecule has 1 N–H and O–H groups in total.